The number of aromatic nitrogens is 1. The Hall–Kier alpha value is -1.92. The van der Waals surface area contributed by atoms with Crippen LogP contribution in [-0.4, -0.2) is 28.3 Å². The van der Waals surface area contributed by atoms with Gasteiger partial charge in [-0.25, -0.2) is 9.78 Å². The molecule has 1 aromatic carbocycles. The van der Waals surface area contributed by atoms with Crippen LogP contribution in [0.1, 0.15) is 31.4 Å². The zero-order valence-electron chi connectivity index (χ0n) is 12.9. The van der Waals surface area contributed by atoms with Gasteiger partial charge in [-0.2, -0.15) is 0 Å². The second-order valence-corrected chi connectivity index (χ2v) is 6.82. The molecule has 3 N–H and O–H groups in total. The van der Waals surface area contributed by atoms with Crippen molar-refractivity contribution in [3.05, 3.63) is 41.4 Å². The highest BCUT2D eigenvalue weighted by atomic mass is 32.1. The molecule has 1 aromatic heterocycles. The Kier molecular flexibility index (Phi) is 4.93. The number of urea groups is 1. The van der Waals surface area contributed by atoms with Crippen LogP contribution >= 0.6 is 11.3 Å². The number of hydrogen-bond donors (Lipinski definition) is 3. The van der Waals surface area contributed by atoms with Crippen molar-refractivity contribution in [3.63, 3.8) is 0 Å². The van der Waals surface area contributed by atoms with Gasteiger partial charge in [0.1, 0.15) is 5.01 Å². The average Bonchev–Trinajstić information content (AvgIpc) is 3.24. The molecule has 122 valence electrons. The number of benzene rings is 1. The summed E-state index contributed by atoms with van der Waals surface area (Å²) in [5.41, 5.74) is 1.48. The highest BCUT2D eigenvalue weighted by Crippen LogP contribution is 2.29. The molecule has 0 unspecified atom stereocenters. The summed E-state index contributed by atoms with van der Waals surface area (Å²) in [4.78, 5) is 16.6. The Morgan fingerprint density at radius 2 is 2.00 bits per heavy atom. The third-order valence-electron chi connectivity index (χ3n) is 4.24. The lowest BCUT2D eigenvalue weighted by atomic mass is 9.99. The summed E-state index contributed by atoms with van der Waals surface area (Å²) in [5.74, 6) is 0. The number of nitrogens with one attached hydrogen (secondary N) is 2. The first kappa shape index (κ1) is 16.0. The Labute approximate surface area is 139 Å². The van der Waals surface area contributed by atoms with Crippen LogP contribution in [0, 0.1) is 0 Å². The molecule has 23 heavy (non-hydrogen) atoms. The number of carbonyl (C=O) groups excluding carboxylic acids is 1. The second-order valence-electron chi connectivity index (χ2n) is 5.96. The van der Waals surface area contributed by atoms with E-state index in [2.05, 4.69) is 15.6 Å². The van der Waals surface area contributed by atoms with E-state index in [4.69, 9.17) is 0 Å². The second kappa shape index (κ2) is 7.10. The van der Waals surface area contributed by atoms with Crippen LogP contribution in [0.3, 0.4) is 0 Å². The summed E-state index contributed by atoms with van der Waals surface area (Å²) in [6, 6.07) is 9.75. The quantitative estimate of drug-likeness (QED) is 0.788. The fourth-order valence-corrected chi connectivity index (χ4v) is 3.76. The lowest BCUT2D eigenvalue weighted by molar-refractivity contribution is 0.162. The molecule has 5 nitrogen and oxygen atoms in total. The zero-order valence-corrected chi connectivity index (χ0v) is 13.7. The van der Waals surface area contributed by atoms with Gasteiger partial charge in [0.15, 0.2) is 0 Å². The molecule has 1 fully saturated rings. The number of hydrogen-bond acceptors (Lipinski definition) is 4. The fourth-order valence-electron chi connectivity index (χ4n) is 2.93. The van der Waals surface area contributed by atoms with E-state index in [1.54, 1.807) is 11.3 Å². The minimum atomic E-state index is -0.443. The van der Waals surface area contributed by atoms with Gasteiger partial charge in [0.25, 0.3) is 0 Å². The van der Waals surface area contributed by atoms with Crippen LogP contribution in [0.25, 0.3) is 10.6 Å². The molecule has 3 rings (SSSR count). The van der Waals surface area contributed by atoms with E-state index in [1.807, 2.05) is 35.7 Å². The number of nitrogens with zero attached hydrogens (tertiary/aromatic N) is 1. The monoisotopic (exact) mass is 331 g/mol. The van der Waals surface area contributed by atoms with Crippen LogP contribution in [-0.2, 0) is 6.54 Å². The van der Waals surface area contributed by atoms with Gasteiger partial charge in [0.05, 0.1) is 24.4 Å². The van der Waals surface area contributed by atoms with Gasteiger partial charge in [-0.05, 0) is 12.8 Å². The normalized spacial score (nSPS) is 16.2. The highest BCUT2D eigenvalue weighted by molar-refractivity contribution is 7.13. The Balaban J connectivity index is 1.54. The van der Waals surface area contributed by atoms with E-state index in [0.29, 0.717) is 6.54 Å². The maximum Gasteiger partial charge on any atom is 0.315 e. The number of carbonyl (C=O) groups is 1. The van der Waals surface area contributed by atoms with E-state index in [1.165, 1.54) is 0 Å². The lowest BCUT2D eigenvalue weighted by Crippen LogP contribution is -2.52. The minimum Gasteiger partial charge on any atom is -0.394 e. The summed E-state index contributed by atoms with van der Waals surface area (Å²) in [6.45, 7) is 0.381. The standard InChI is InChI=1S/C17H21N3O2S/c21-12-17(8-4-5-9-17)20-16(22)18-10-14-11-23-15(19-14)13-6-2-1-3-7-13/h1-3,6-7,11,21H,4-5,8-10,12H2,(H2,18,20,22). The molecule has 0 atom stereocenters. The van der Waals surface area contributed by atoms with Gasteiger partial charge < -0.3 is 15.7 Å². The molecule has 1 saturated carbocycles. The van der Waals surface area contributed by atoms with E-state index in [9.17, 15) is 9.90 Å². The SMILES string of the molecule is O=C(NCc1csc(-c2ccccc2)n1)NC1(CO)CCCC1. The molecule has 0 spiro atoms. The lowest BCUT2D eigenvalue weighted by Gasteiger charge is -2.27. The molecule has 0 saturated heterocycles. The van der Waals surface area contributed by atoms with E-state index < -0.39 is 5.54 Å². The maximum atomic E-state index is 12.1. The summed E-state index contributed by atoms with van der Waals surface area (Å²) in [7, 11) is 0. The summed E-state index contributed by atoms with van der Waals surface area (Å²) < 4.78 is 0. The van der Waals surface area contributed by atoms with Crippen molar-refractivity contribution < 1.29 is 9.90 Å². The van der Waals surface area contributed by atoms with Crippen LogP contribution < -0.4 is 10.6 Å². The van der Waals surface area contributed by atoms with Crippen molar-refractivity contribution in [1.29, 1.82) is 0 Å². The molecule has 2 aromatic rings. The van der Waals surface area contributed by atoms with Crippen LogP contribution in [0.2, 0.25) is 0 Å². The predicted octanol–water partition coefficient (Wildman–Crippen LogP) is 2.91. The Bertz CT molecular complexity index is 651. The van der Waals surface area contributed by atoms with Crippen LogP contribution in [0.5, 0.6) is 0 Å². The minimum absolute atomic E-state index is 0.00469. The molecule has 0 bridgehead atoms. The van der Waals surface area contributed by atoms with E-state index >= 15 is 0 Å². The third-order valence-corrected chi connectivity index (χ3v) is 5.18. The van der Waals surface area contributed by atoms with Gasteiger partial charge in [-0.3, -0.25) is 0 Å². The van der Waals surface area contributed by atoms with E-state index in [-0.39, 0.29) is 12.6 Å². The largest absolute Gasteiger partial charge is 0.394 e. The topological polar surface area (TPSA) is 74.2 Å². The predicted molar refractivity (Wildman–Crippen MR) is 91.2 cm³/mol. The first-order chi connectivity index (χ1) is 11.2. The number of aliphatic hydroxyl groups is 1. The molecule has 0 aliphatic heterocycles. The number of amides is 2. The molecule has 2 amide bonds. The Morgan fingerprint density at radius 3 is 2.70 bits per heavy atom. The third kappa shape index (κ3) is 3.89. The van der Waals surface area contributed by atoms with Crippen molar-refractivity contribution in [2.45, 2.75) is 37.8 Å². The highest BCUT2D eigenvalue weighted by Gasteiger charge is 2.34. The molecular formula is C17H21N3O2S. The van der Waals surface area contributed by atoms with Gasteiger partial charge in [0, 0.05) is 10.9 Å². The van der Waals surface area contributed by atoms with E-state index in [0.717, 1.165) is 41.9 Å². The summed E-state index contributed by atoms with van der Waals surface area (Å²) >= 11 is 1.57. The van der Waals surface area contributed by atoms with Crippen LogP contribution in [0.15, 0.2) is 35.7 Å². The van der Waals surface area contributed by atoms with Crippen molar-refractivity contribution in [2.75, 3.05) is 6.61 Å². The van der Waals surface area contributed by atoms with Gasteiger partial charge >= 0.3 is 6.03 Å². The van der Waals surface area contributed by atoms with Crippen molar-refractivity contribution in [1.82, 2.24) is 15.6 Å². The Morgan fingerprint density at radius 1 is 1.26 bits per heavy atom. The van der Waals surface area contributed by atoms with Gasteiger partial charge in [-0.15, -0.1) is 11.3 Å². The fraction of sp³-hybridized carbons (Fsp3) is 0.412. The molecule has 1 heterocycles. The van der Waals surface area contributed by atoms with Gasteiger partial charge in [-0.1, -0.05) is 43.2 Å². The van der Waals surface area contributed by atoms with Crippen LogP contribution in [0.4, 0.5) is 4.79 Å². The molecule has 1 aliphatic carbocycles. The molecular weight excluding hydrogens is 310 g/mol. The molecule has 6 heteroatoms. The zero-order chi connectivity index (χ0) is 16.1. The summed E-state index contributed by atoms with van der Waals surface area (Å²) in [5, 5.41) is 18.2. The number of aliphatic hydroxyl groups excluding tert-OH is 1. The number of thiazole rings is 1. The molecule has 1 aliphatic rings. The maximum absolute atomic E-state index is 12.1. The van der Waals surface area contributed by atoms with Crippen molar-refractivity contribution in [2.24, 2.45) is 0 Å². The first-order valence-electron chi connectivity index (χ1n) is 7.87. The molecule has 0 radical (unpaired) electrons. The van der Waals surface area contributed by atoms with Crippen molar-refractivity contribution >= 4 is 17.4 Å². The van der Waals surface area contributed by atoms with Crippen molar-refractivity contribution in [3.8, 4) is 10.6 Å². The first-order valence-corrected chi connectivity index (χ1v) is 8.75. The van der Waals surface area contributed by atoms with Gasteiger partial charge in [0.2, 0.25) is 0 Å². The summed E-state index contributed by atoms with van der Waals surface area (Å²) in [6.07, 6.45) is 3.78. The average molecular weight is 331 g/mol. The number of rotatable bonds is 5. The smallest absolute Gasteiger partial charge is 0.315 e.